The highest BCUT2D eigenvalue weighted by Crippen LogP contribution is 2.22. The molecule has 0 aliphatic heterocycles. The number of hydrogen-bond donors (Lipinski definition) is 3. The van der Waals surface area contributed by atoms with Crippen LogP contribution in [0.1, 0.15) is 0 Å². The molecule has 0 fully saturated rings. The van der Waals surface area contributed by atoms with Gasteiger partial charge in [-0.1, -0.05) is 40.2 Å². The molecule has 0 heterocycles. The molecule has 0 aromatic heterocycles. The number of anilines is 1. The Kier molecular flexibility index (Phi) is 5.23. The van der Waals surface area contributed by atoms with Crippen molar-refractivity contribution >= 4 is 28.0 Å². The van der Waals surface area contributed by atoms with Crippen molar-refractivity contribution in [2.75, 3.05) is 5.73 Å². The Bertz CT molecular complexity index is 420. The van der Waals surface area contributed by atoms with Crippen LogP contribution >= 0.6 is 15.9 Å². The van der Waals surface area contributed by atoms with Gasteiger partial charge in [-0.2, -0.15) is 0 Å². The molecule has 0 saturated carbocycles. The zero-order chi connectivity index (χ0) is 12.7. The summed E-state index contributed by atoms with van der Waals surface area (Å²) in [6, 6.07) is 16.1. The topological polar surface area (TPSA) is 75.9 Å². The standard InChI is InChI=1S/C12H10BrN.CH4N2/c13-11-5-1-9(2-6-11)10-3-7-12(14)8-4-10;2-1-3/h1-8H,14H2;1H,(H3,2,3). The fraction of sp³-hybridized carbons (Fsp3) is 0. The SMILES string of the molecule is N=CN.Nc1ccc(-c2ccc(Br)cc2)cc1. The monoisotopic (exact) mass is 291 g/mol. The van der Waals surface area contributed by atoms with E-state index in [0.29, 0.717) is 0 Å². The molecule has 0 amide bonds. The molecular weight excluding hydrogens is 278 g/mol. The smallest absolute Gasteiger partial charge is 0.0765 e. The summed E-state index contributed by atoms with van der Waals surface area (Å²) in [6.45, 7) is 0. The van der Waals surface area contributed by atoms with Crippen LogP contribution < -0.4 is 11.5 Å². The van der Waals surface area contributed by atoms with Crippen molar-refractivity contribution < 1.29 is 0 Å². The number of hydrogen-bond acceptors (Lipinski definition) is 2. The van der Waals surface area contributed by atoms with Gasteiger partial charge in [-0.15, -0.1) is 0 Å². The molecule has 0 saturated heterocycles. The third kappa shape index (κ3) is 4.28. The first-order valence-corrected chi connectivity index (χ1v) is 5.79. The summed E-state index contributed by atoms with van der Waals surface area (Å²) in [5.41, 5.74) is 13.2. The van der Waals surface area contributed by atoms with E-state index in [0.717, 1.165) is 16.5 Å². The van der Waals surface area contributed by atoms with Crippen molar-refractivity contribution in [2.45, 2.75) is 0 Å². The number of nitrogens with two attached hydrogens (primary N) is 2. The van der Waals surface area contributed by atoms with Crippen molar-refractivity contribution in [3.63, 3.8) is 0 Å². The predicted octanol–water partition coefficient (Wildman–Crippen LogP) is 3.25. The van der Waals surface area contributed by atoms with Crippen LogP contribution in [-0.2, 0) is 0 Å². The van der Waals surface area contributed by atoms with Crippen LogP contribution in [0.15, 0.2) is 53.0 Å². The van der Waals surface area contributed by atoms with Crippen LogP contribution in [0.4, 0.5) is 5.69 Å². The summed E-state index contributed by atoms with van der Waals surface area (Å²) in [5, 5.41) is 5.86. The van der Waals surface area contributed by atoms with E-state index in [9.17, 15) is 0 Å². The van der Waals surface area contributed by atoms with E-state index >= 15 is 0 Å². The number of nitrogen functional groups attached to an aromatic ring is 1. The lowest BCUT2D eigenvalue weighted by Crippen LogP contribution is -1.83. The first-order chi connectivity index (χ1) is 8.17. The maximum absolute atomic E-state index is 5.86. The Morgan fingerprint density at radius 2 is 1.24 bits per heavy atom. The fourth-order valence-electron chi connectivity index (χ4n) is 1.32. The molecular formula is C13H14BrN3. The van der Waals surface area contributed by atoms with Crippen LogP contribution in [0.3, 0.4) is 0 Å². The van der Waals surface area contributed by atoms with E-state index in [1.165, 1.54) is 11.1 Å². The Morgan fingerprint density at radius 3 is 1.65 bits per heavy atom. The van der Waals surface area contributed by atoms with Gasteiger partial charge in [-0.05, 0) is 35.4 Å². The normalized spacial score (nSPS) is 9.00. The highest BCUT2D eigenvalue weighted by molar-refractivity contribution is 9.10. The molecule has 0 unspecified atom stereocenters. The summed E-state index contributed by atoms with van der Waals surface area (Å²) >= 11 is 3.41. The second-order valence-corrected chi connectivity index (χ2v) is 4.21. The largest absolute Gasteiger partial charge is 0.399 e. The Balaban J connectivity index is 0.000000437. The molecule has 88 valence electrons. The van der Waals surface area contributed by atoms with Gasteiger partial charge in [0.1, 0.15) is 0 Å². The van der Waals surface area contributed by atoms with Crippen molar-refractivity contribution in [1.82, 2.24) is 0 Å². The molecule has 0 spiro atoms. The van der Waals surface area contributed by atoms with Gasteiger partial charge in [-0.3, -0.25) is 5.41 Å². The van der Waals surface area contributed by atoms with Gasteiger partial charge >= 0.3 is 0 Å². The van der Waals surface area contributed by atoms with Gasteiger partial charge in [-0.25, -0.2) is 0 Å². The Hall–Kier alpha value is -1.81. The third-order valence-corrected chi connectivity index (χ3v) is 2.62. The average Bonchev–Trinajstić information content (AvgIpc) is 2.32. The van der Waals surface area contributed by atoms with Crippen LogP contribution in [0.25, 0.3) is 11.1 Å². The van der Waals surface area contributed by atoms with Crippen molar-refractivity contribution in [3.8, 4) is 11.1 Å². The van der Waals surface area contributed by atoms with Crippen molar-refractivity contribution in [3.05, 3.63) is 53.0 Å². The molecule has 17 heavy (non-hydrogen) atoms. The molecule has 0 atom stereocenters. The van der Waals surface area contributed by atoms with Crippen LogP contribution in [0.5, 0.6) is 0 Å². The summed E-state index contributed by atoms with van der Waals surface area (Å²) < 4.78 is 1.09. The molecule has 0 bridgehead atoms. The number of rotatable bonds is 1. The highest BCUT2D eigenvalue weighted by Gasteiger charge is 1.96. The predicted molar refractivity (Wildman–Crippen MR) is 77.0 cm³/mol. The van der Waals surface area contributed by atoms with Crippen molar-refractivity contribution in [1.29, 1.82) is 5.41 Å². The summed E-state index contributed by atoms with van der Waals surface area (Å²) in [5.74, 6) is 0. The van der Waals surface area contributed by atoms with Gasteiger partial charge < -0.3 is 11.5 Å². The number of halogens is 1. The minimum Gasteiger partial charge on any atom is -0.399 e. The van der Waals surface area contributed by atoms with Crippen LogP contribution in [-0.4, -0.2) is 6.34 Å². The molecule has 4 heteroatoms. The lowest BCUT2D eigenvalue weighted by atomic mass is 10.1. The first kappa shape index (κ1) is 13.3. The Labute approximate surface area is 109 Å². The lowest BCUT2D eigenvalue weighted by Gasteiger charge is -2.01. The minimum absolute atomic E-state index is 0.750. The molecule has 0 aliphatic rings. The zero-order valence-corrected chi connectivity index (χ0v) is 10.8. The van der Waals surface area contributed by atoms with Gasteiger partial charge in [0.2, 0.25) is 0 Å². The van der Waals surface area contributed by atoms with E-state index in [-0.39, 0.29) is 0 Å². The summed E-state index contributed by atoms with van der Waals surface area (Å²) in [7, 11) is 0. The van der Waals surface area contributed by atoms with Crippen LogP contribution in [0, 0.1) is 5.41 Å². The molecule has 2 aromatic carbocycles. The number of benzene rings is 2. The summed E-state index contributed by atoms with van der Waals surface area (Å²) in [4.78, 5) is 0. The molecule has 3 nitrogen and oxygen atoms in total. The third-order valence-electron chi connectivity index (χ3n) is 2.09. The molecule has 2 rings (SSSR count). The Morgan fingerprint density at radius 1 is 0.882 bits per heavy atom. The van der Waals surface area contributed by atoms with E-state index in [4.69, 9.17) is 11.1 Å². The fourth-order valence-corrected chi connectivity index (χ4v) is 1.58. The zero-order valence-electron chi connectivity index (χ0n) is 9.23. The minimum atomic E-state index is 0.750. The van der Waals surface area contributed by atoms with Gasteiger partial charge in [0.05, 0.1) is 6.34 Å². The second-order valence-electron chi connectivity index (χ2n) is 3.30. The van der Waals surface area contributed by atoms with Gasteiger partial charge in [0.15, 0.2) is 0 Å². The molecule has 0 radical (unpaired) electrons. The molecule has 2 aromatic rings. The molecule has 0 aliphatic carbocycles. The average molecular weight is 292 g/mol. The summed E-state index contributed by atoms with van der Waals surface area (Å²) in [6.07, 6.45) is 0.750. The second kappa shape index (κ2) is 6.70. The maximum atomic E-state index is 5.86. The van der Waals surface area contributed by atoms with Crippen molar-refractivity contribution in [2.24, 2.45) is 5.73 Å². The quantitative estimate of drug-likeness (QED) is 0.428. The van der Waals surface area contributed by atoms with Gasteiger partial charge in [0, 0.05) is 10.2 Å². The first-order valence-electron chi connectivity index (χ1n) is 4.99. The number of nitrogens with one attached hydrogen (secondary N) is 1. The van der Waals surface area contributed by atoms with Crippen LogP contribution in [0.2, 0.25) is 0 Å². The molecule has 5 N–H and O–H groups in total. The van der Waals surface area contributed by atoms with E-state index < -0.39 is 0 Å². The maximum Gasteiger partial charge on any atom is 0.0765 e. The van der Waals surface area contributed by atoms with Gasteiger partial charge in [0.25, 0.3) is 0 Å². The highest BCUT2D eigenvalue weighted by atomic mass is 79.9. The van der Waals surface area contributed by atoms with E-state index in [1.54, 1.807) is 0 Å². The van der Waals surface area contributed by atoms with E-state index in [2.05, 4.69) is 33.8 Å². The lowest BCUT2D eigenvalue weighted by molar-refractivity contribution is 1.52. The van der Waals surface area contributed by atoms with E-state index in [1.807, 2.05) is 36.4 Å².